The normalized spacial score (nSPS) is 10.5. The minimum absolute atomic E-state index is 0.344. The van der Waals surface area contributed by atoms with E-state index in [1.807, 2.05) is 36.4 Å². The van der Waals surface area contributed by atoms with E-state index in [0.29, 0.717) is 5.56 Å². The van der Waals surface area contributed by atoms with Gasteiger partial charge in [0.05, 0.1) is 25.5 Å². The van der Waals surface area contributed by atoms with Gasteiger partial charge in [-0.05, 0) is 42.0 Å². The zero-order valence-electron chi connectivity index (χ0n) is 11.4. The Hall–Kier alpha value is -2.62. The van der Waals surface area contributed by atoms with Gasteiger partial charge in [-0.3, -0.25) is 4.99 Å². The lowest BCUT2D eigenvalue weighted by atomic mass is 10.1. The van der Waals surface area contributed by atoms with Crippen LogP contribution in [0.2, 0.25) is 0 Å². The third kappa shape index (κ3) is 3.45. The highest BCUT2D eigenvalue weighted by molar-refractivity contribution is 5.90. The lowest BCUT2D eigenvalue weighted by Gasteiger charge is -2.00. The summed E-state index contributed by atoms with van der Waals surface area (Å²) in [6, 6.07) is 14.5. The maximum absolute atomic E-state index is 11.3. The molecule has 0 bridgehead atoms. The number of nitrogens with zero attached hydrogens (tertiary/aromatic N) is 1. The quantitative estimate of drug-likeness (QED) is 0.632. The number of methoxy groups -OCH3 is 2. The van der Waals surface area contributed by atoms with Gasteiger partial charge in [0.1, 0.15) is 5.75 Å². The molecular weight excluding hydrogens is 254 g/mol. The molecule has 0 spiro atoms. The summed E-state index contributed by atoms with van der Waals surface area (Å²) in [5, 5.41) is 0. The van der Waals surface area contributed by atoms with Gasteiger partial charge in [0.25, 0.3) is 0 Å². The summed E-state index contributed by atoms with van der Waals surface area (Å²) in [4.78, 5) is 15.6. The Balaban J connectivity index is 2.08. The summed E-state index contributed by atoms with van der Waals surface area (Å²) in [5.41, 5.74) is 2.27. The highest BCUT2D eigenvalue weighted by Crippen LogP contribution is 2.17. The van der Waals surface area contributed by atoms with E-state index in [4.69, 9.17) is 4.74 Å². The molecule has 0 heterocycles. The van der Waals surface area contributed by atoms with Crippen LogP contribution in [-0.4, -0.2) is 26.4 Å². The van der Waals surface area contributed by atoms with Gasteiger partial charge in [-0.15, -0.1) is 0 Å². The van der Waals surface area contributed by atoms with E-state index in [0.717, 1.165) is 17.0 Å². The van der Waals surface area contributed by atoms with Crippen LogP contribution in [0, 0.1) is 0 Å². The summed E-state index contributed by atoms with van der Waals surface area (Å²) in [7, 11) is 2.99. The largest absolute Gasteiger partial charge is 0.497 e. The van der Waals surface area contributed by atoms with Crippen molar-refractivity contribution in [1.29, 1.82) is 0 Å². The average Bonchev–Trinajstić information content (AvgIpc) is 2.53. The molecule has 0 aromatic heterocycles. The smallest absolute Gasteiger partial charge is 0.337 e. The molecule has 2 aromatic rings. The fourth-order valence-electron chi connectivity index (χ4n) is 1.64. The van der Waals surface area contributed by atoms with E-state index >= 15 is 0 Å². The first-order valence-electron chi connectivity index (χ1n) is 6.09. The summed E-state index contributed by atoms with van der Waals surface area (Å²) in [5.74, 6) is 0.454. The minimum atomic E-state index is -0.344. The summed E-state index contributed by atoms with van der Waals surface area (Å²) >= 11 is 0. The predicted octanol–water partition coefficient (Wildman–Crippen LogP) is 3.23. The predicted molar refractivity (Wildman–Crippen MR) is 78.0 cm³/mol. The van der Waals surface area contributed by atoms with E-state index in [1.54, 1.807) is 25.5 Å². The summed E-state index contributed by atoms with van der Waals surface area (Å²) in [6.45, 7) is 0. The van der Waals surface area contributed by atoms with Crippen LogP contribution < -0.4 is 4.74 Å². The summed E-state index contributed by atoms with van der Waals surface area (Å²) in [6.07, 6.45) is 1.74. The third-order valence-corrected chi connectivity index (χ3v) is 2.77. The van der Waals surface area contributed by atoms with Crippen LogP contribution in [0.5, 0.6) is 5.75 Å². The highest BCUT2D eigenvalue weighted by atomic mass is 16.5. The van der Waals surface area contributed by atoms with Crippen molar-refractivity contribution in [1.82, 2.24) is 0 Å². The second-order valence-corrected chi connectivity index (χ2v) is 4.07. The molecule has 0 aliphatic carbocycles. The van der Waals surface area contributed by atoms with E-state index < -0.39 is 0 Å². The van der Waals surface area contributed by atoms with Crippen molar-refractivity contribution in [3.63, 3.8) is 0 Å². The van der Waals surface area contributed by atoms with Gasteiger partial charge in [-0.1, -0.05) is 12.1 Å². The molecule has 0 saturated heterocycles. The van der Waals surface area contributed by atoms with Crippen LogP contribution >= 0.6 is 0 Å². The molecule has 0 aliphatic rings. The van der Waals surface area contributed by atoms with E-state index in [-0.39, 0.29) is 5.97 Å². The molecule has 0 N–H and O–H groups in total. The Labute approximate surface area is 117 Å². The number of hydrogen-bond donors (Lipinski definition) is 0. The number of carbonyl (C=O) groups excluding carboxylic acids is 1. The lowest BCUT2D eigenvalue weighted by molar-refractivity contribution is 0.0601. The maximum atomic E-state index is 11.3. The maximum Gasteiger partial charge on any atom is 0.337 e. The molecular formula is C16H15NO3. The lowest BCUT2D eigenvalue weighted by Crippen LogP contribution is -2.00. The van der Waals surface area contributed by atoms with Crippen LogP contribution in [0.25, 0.3) is 0 Å². The van der Waals surface area contributed by atoms with Crippen molar-refractivity contribution < 1.29 is 14.3 Å². The van der Waals surface area contributed by atoms with E-state index in [2.05, 4.69) is 9.73 Å². The monoisotopic (exact) mass is 269 g/mol. The van der Waals surface area contributed by atoms with Crippen molar-refractivity contribution in [3.8, 4) is 5.75 Å². The third-order valence-electron chi connectivity index (χ3n) is 2.77. The van der Waals surface area contributed by atoms with E-state index in [9.17, 15) is 4.79 Å². The van der Waals surface area contributed by atoms with Gasteiger partial charge in [-0.2, -0.15) is 0 Å². The molecule has 0 unspecified atom stereocenters. The Bertz CT molecular complexity index is 601. The topological polar surface area (TPSA) is 47.9 Å². The first-order chi connectivity index (χ1) is 9.72. The molecule has 0 saturated carbocycles. The van der Waals surface area contributed by atoms with Crippen molar-refractivity contribution in [3.05, 3.63) is 59.7 Å². The Morgan fingerprint density at radius 2 is 1.65 bits per heavy atom. The fourth-order valence-corrected chi connectivity index (χ4v) is 1.64. The molecule has 4 nitrogen and oxygen atoms in total. The molecule has 4 heteroatoms. The molecule has 0 atom stereocenters. The molecule has 0 aliphatic heterocycles. The van der Waals surface area contributed by atoms with Crippen LogP contribution in [0.1, 0.15) is 15.9 Å². The van der Waals surface area contributed by atoms with Gasteiger partial charge < -0.3 is 9.47 Å². The molecule has 2 rings (SSSR count). The number of esters is 1. The van der Waals surface area contributed by atoms with Gasteiger partial charge in [0, 0.05) is 6.21 Å². The number of carbonyl (C=O) groups is 1. The Morgan fingerprint density at radius 3 is 2.20 bits per heavy atom. The van der Waals surface area contributed by atoms with Crippen LogP contribution in [0.4, 0.5) is 5.69 Å². The fraction of sp³-hybridized carbons (Fsp3) is 0.125. The van der Waals surface area contributed by atoms with Crippen LogP contribution in [0.15, 0.2) is 53.5 Å². The molecule has 20 heavy (non-hydrogen) atoms. The van der Waals surface area contributed by atoms with Gasteiger partial charge in [0.2, 0.25) is 0 Å². The first-order valence-corrected chi connectivity index (χ1v) is 6.09. The number of ether oxygens (including phenoxy) is 2. The van der Waals surface area contributed by atoms with Crippen LogP contribution in [-0.2, 0) is 4.74 Å². The Kier molecular flexibility index (Phi) is 4.50. The van der Waals surface area contributed by atoms with Crippen molar-refractivity contribution in [2.75, 3.05) is 14.2 Å². The zero-order valence-corrected chi connectivity index (χ0v) is 11.4. The minimum Gasteiger partial charge on any atom is -0.497 e. The summed E-state index contributed by atoms with van der Waals surface area (Å²) < 4.78 is 9.73. The number of benzene rings is 2. The van der Waals surface area contributed by atoms with E-state index in [1.165, 1.54) is 7.11 Å². The Morgan fingerprint density at radius 1 is 1.00 bits per heavy atom. The molecule has 0 fully saturated rings. The molecule has 2 aromatic carbocycles. The second-order valence-electron chi connectivity index (χ2n) is 4.07. The zero-order chi connectivity index (χ0) is 14.4. The SMILES string of the molecule is COC(=O)c1ccc(C=Nc2ccc(OC)cc2)cc1. The second kappa shape index (κ2) is 6.52. The van der Waals surface area contributed by atoms with Crippen molar-refractivity contribution >= 4 is 17.9 Å². The average molecular weight is 269 g/mol. The molecule has 0 amide bonds. The number of aliphatic imine (C=N–C) groups is 1. The molecule has 0 radical (unpaired) electrons. The molecule has 102 valence electrons. The standard InChI is InChI=1S/C16H15NO3/c1-19-15-9-7-14(8-10-15)17-11-12-3-5-13(6-4-12)16(18)20-2/h3-11H,1-2H3. The first kappa shape index (κ1) is 13.8. The van der Waals surface area contributed by atoms with Gasteiger partial charge in [0.15, 0.2) is 0 Å². The number of rotatable bonds is 4. The van der Waals surface area contributed by atoms with Gasteiger partial charge in [-0.25, -0.2) is 4.79 Å². The van der Waals surface area contributed by atoms with Gasteiger partial charge >= 0.3 is 5.97 Å². The van der Waals surface area contributed by atoms with Crippen molar-refractivity contribution in [2.45, 2.75) is 0 Å². The van der Waals surface area contributed by atoms with Crippen LogP contribution in [0.3, 0.4) is 0 Å². The highest BCUT2D eigenvalue weighted by Gasteiger charge is 2.03. The number of hydrogen-bond acceptors (Lipinski definition) is 4. The van der Waals surface area contributed by atoms with Crippen molar-refractivity contribution in [2.24, 2.45) is 4.99 Å².